The van der Waals surface area contributed by atoms with Crippen LogP contribution in [0.4, 0.5) is 10.1 Å². The molecule has 0 spiro atoms. The standard InChI is InChI=1S/C16H17FN2O3S/c1-9-3-4-11(7-12(9)17)19-16(22)15(21)18-8-13(20)14-10(2)5-6-23-14/h3-7,13,20H,8H2,1-2H3,(H,18,21)(H,19,22)/t13-/m0/s1. The Hall–Kier alpha value is -2.25. The van der Waals surface area contributed by atoms with Crippen molar-refractivity contribution in [3.05, 3.63) is 51.5 Å². The molecule has 0 saturated carbocycles. The van der Waals surface area contributed by atoms with Crippen LogP contribution in [-0.4, -0.2) is 23.5 Å². The van der Waals surface area contributed by atoms with Crippen molar-refractivity contribution in [1.29, 1.82) is 0 Å². The number of rotatable bonds is 4. The molecule has 0 bridgehead atoms. The van der Waals surface area contributed by atoms with Gasteiger partial charge in [-0.05, 0) is 48.6 Å². The molecular formula is C16H17FN2O3S. The van der Waals surface area contributed by atoms with E-state index >= 15 is 0 Å². The normalized spacial score (nSPS) is 11.8. The third kappa shape index (κ3) is 4.37. The fourth-order valence-corrected chi connectivity index (χ4v) is 2.86. The van der Waals surface area contributed by atoms with Gasteiger partial charge < -0.3 is 15.7 Å². The number of carbonyl (C=O) groups excluding carboxylic acids is 2. The van der Waals surface area contributed by atoms with Crippen LogP contribution >= 0.6 is 11.3 Å². The van der Waals surface area contributed by atoms with Gasteiger partial charge in [-0.1, -0.05) is 6.07 Å². The third-order valence-electron chi connectivity index (χ3n) is 3.30. The first-order valence-electron chi connectivity index (χ1n) is 6.96. The van der Waals surface area contributed by atoms with E-state index in [9.17, 15) is 19.1 Å². The maximum atomic E-state index is 13.4. The largest absolute Gasteiger partial charge is 0.386 e. The Morgan fingerprint density at radius 1 is 1.22 bits per heavy atom. The quantitative estimate of drug-likeness (QED) is 0.750. The molecule has 0 aliphatic heterocycles. The summed E-state index contributed by atoms with van der Waals surface area (Å²) in [6, 6.07) is 6.02. The molecule has 23 heavy (non-hydrogen) atoms. The van der Waals surface area contributed by atoms with Gasteiger partial charge in [-0.3, -0.25) is 9.59 Å². The van der Waals surface area contributed by atoms with Gasteiger partial charge in [0.05, 0.1) is 0 Å². The van der Waals surface area contributed by atoms with Gasteiger partial charge in [0, 0.05) is 17.1 Å². The van der Waals surface area contributed by atoms with Gasteiger partial charge >= 0.3 is 11.8 Å². The van der Waals surface area contributed by atoms with Crippen molar-refractivity contribution in [2.24, 2.45) is 0 Å². The number of amides is 2. The Balaban J connectivity index is 1.89. The van der Waals surface area contributed by atoms with Crippen LogP contribution in [0.25, 0.3) is 0 Å². The first-order chi connectivity index (χ1) is 10.9. The molecule has 7 heteroatoms. The van der Waals surface area contributed by atoms with E-state index in [0.29, 0.717) is 5.56 Å². The first kappa shape index (κ1) is 17.1. The SMILES string of the molecule is Cc1ccc(NC(=O)C(=O)NC[C@H](O)c2sccc2C)cc1F. The average molecular weight is 336 g/mol. The molecule has 0 aliphatic carbocycles. The average Bonchev–Trinajstić information content (AvgIpc) is 2.94. The van der Waals surface area contributed by atoms with Crippen LogP contribution in [-0.2, 0) is 9.59 Å². The number of benzene rings is 1. The van der Waals surface area contributed by atoms with Crippen LogP contribution in [0.2, 0.25) is 0 Å². The third-order valence-corrected chi connectivity index (χ3v) is 4.42. The molecular weight excluding hydrogens is 319 g/mol. The van der Waals surface area contributed by atoms with Gasteiger partial charge in [-0.2, -0.15) is 0 Å². The number of hydrogen-bond acceptors (Lipinski definition) is 4. The second kappa shape index (κ2) is 7.34. The highest BCUT2D eigenvalue weighted by Gasteiger charge is 2.17. The number of hydrogen-bond donors (Lipinski definition) is 3. The molecule has 5 nitrogen and oxygen atoms in total. The summed E-state index contributed by atoms with van der Waals surface area (Å²) in [6.07, 6.45) is -0.872. The summed E-state index contributed by atoms with van der Waals surface area (Å²) in [5, 5.41) is 16.5. The zero-order valence-electron chi connectivity index (χ0n) is 12.7. The fraction of sp³-hybridized carbons (Fsp3) is 0.250. The Morgan fingerprint density at radius 3 is 2.57 bits per heavy atom. The van der Waals surface area contributed by atoms with Crippen molar-refractivity contribution in [2.75, 3.05) is 11.9 Å². The van der Waals surface area contributed by atoms with E-state index in [1.54, 1.807) is 6.92 Å². The second-order valence-corrected chi connectivity index (χ2v) is 6.06. The second-order valence-electron chi connectivity index (χ2n) is 5.11. The lowest BCUT2D eigenvalue weighted by Gasteiger charge is -2.11. The summed E-state index contributed by atoms with van der Waals surface area (Å²) in [7, 11) is 0. The molecule has 1 heterocycles. The van der Waals surface area contributed by atoms with Crippen LogP contribution in [0.3, 0.4) is 0 Å². The highest BCUT2D eigenvalue weighted by molar-refractivity contribution is 7.10. The lowest BCUT2D eigenvalue weighted by Crippen LogP contribution is -2.37. The zero-order valence-corrected chi connectivity index (χ0v) is 13.5. The van der Waals surface area contributed by atoms with Gasteiger partial charge in [0.15, 0.2) is 0 Å². The van der Waals surface area contributed by atoms with Crippen molar-refractivity contribution in [1.82, 2.24) is 5.32 Å². The minimum Gasteiger partial charge on any atom is -0.386 e. The lowest BCUT2D eigenvalue weighted by atomic mass is 10.2. The summed E-state index contributed by atoms with van der Waals surface area (Å²) >= 11 is 1.38. The Morgan fingerprint density at radius 2 is 1.96 bits per heavy atom. The van der Waals surface area contributed by atoms with Crippen molar-refractivity contribution in [3.63, 3.8) is 0 Å². The Bertz CT molecular complexity index is 730. The van der Waals surface area contributed by atoms with Gasteiger partial charge in [-0.15, -0.1) is 11.3 Å². The number of anilines is 1. The minimum atomic E-state index is -0.914. The van der Waals surface area contributed by atoms with Gasteiger partial charge in [-0.25, -0.2) is 4.39 Å². The van der Waals surface area contributed by atoms with Crippen LogP contribution in [0, 0.1) is 19.7 Å². The first-order valence-corrected chi connectivity index (χ1v) is 7.84. The van der Waals surface area contributed by atoms with E-state index in [1.165, 1.54) is 23.5 Å². The topological polar surface area (TPSA) is 78.4 Å². The highest BCUT2D eigenvalue weighted by Crippen LogP contribution is 2.23. The lowest BCUT2D eigenvalue weighted by molar-refractivity contribution is -0.136. The van der Waals surface area contributed by atoms with Gasteiger partial charge in [0.2, 0.25) is 0 Å². The fourth-order valence-electron chi connectivity index (χ4n) is 1.95. The number of aliphatic hydroxyl groups excluding tert-OH is 1. The molecule has 2 aromatic rings. The predicted molar refractivity (Wildman–Crippen MR) is 86.8 cm³/mol. The molecule has 1 aromatic heterocycles. The monoisotopic (exact) mass is 336 g/mol. The molecule has 1 atom stereocenters. The van der Waals surface area contributed by atoms with E-state index in [0.717, 1.165) is 16.5 Å². The van der Waals surface area contributed by atoms with Crippen molar-refractivity contribution in [2.45, 2.75) is 20.0 Å². The molecule has 3 N–H and O–H groups in total. The summed E-state index contributed by atoms with van der Waals surface area (Å²) in [5.41, 5.74) is 1.57. The molecule has 0 radical (unpaired) electrons. The zero-order chi connectivity index (χ0) is 17.0. The number of thiophene rings is 1. The van der Waals surface area contributed by atoms with E-state index in [1.807, 2.05) is 18.4 Å². The van der Waals surface area contributed by atoms with E-state index in [2.05, 4.69) is 10.6 Å². The van der Waals surface area contributed by atoms with E-state index in [4.69, 9.17) is 0 Å². The maximum Gasteiger partial charge on any atom is 0.313 e. The summed E-state index contributed by atoms with van der Waals surface area (Å²) in [5.74, 6) is -2.27. The molecule has 0 saturated heterocycles. The molecule has 0 unspecified atom stereocenters. The van der Waals surface area contributed by atoms with E-state index < -0.39 is 23.7 Å². The highest BCUT2D eigenvalue weighted by atomic mass is 32.1. The van der Waals surface area contributed by atoms with Crippen LogP contribution in [0.5, 0.6) is 0 Å². The predicted octanol–water partition coefficient (Wildman–Crippen LogP) is 2.29. The van der Waals surface area contributed by atoms with Crippen molar-refractivity contribution >= 4 is 28.8 Å². The molecule has 2 rings (SSSR count). The van der Waals surface area contributed by atoms with Gasteiger partial charge in [0.25, 0.3) is 0 Å². The summed E-state index contributed by atoms with van der Waals surface area (Å²) < 4.78 is 13.4. The molecule has 2 amide bonds. The number of aliphatic hydroxyl groups is 1. The molecule has 122 valence electrons. The number of carbonyl (C=O) groups is 2. The van der Waals surface area contributed by atoms with Crippen LogP contribution < -0.4 is 10.6 Å². The minimum absolute atomic E-state index is 0.0735. The van der Waals surface area contributed by atoms with E-state index in [-0.39, 0.29) is 12.2 Å². The molecule has 0 aliphatic rings. The number of nitrogens with one attached hydrogen (secondary N) is 2. The smallest absolute Gasteiger partial charge is 0.313 e. The number of halogens is 1. The van der Waals surface area contributed by atoms with Gasteiger partial charge in [0.1, 0.15) is 11.9 Å². The Kier molecular flexibility index (Phi) is 5.46. The van der Waals surface area contributed by atoms with Crippen molar-refractivity contribution in [3.8, 4) is 0 Å². The molecule has 0 fully saturated rings. The van der Waals surface area contributed by atoms with Crippen LogP contribution in [0.15, 0.2) is 29.6 Å². The molecule has 1 aromatic carbocycles. The summed E-state index contributed by atoms with van der Waals surface area (Å²) in [6.45, 7) is 3.38. The maximum absolute atomic E-state index is 13.4. The van der Waals surface area contributed by atoms with Crippen LogP contribution in [0.1, 0.15) is 22.1 Å². The Labute approximate surface area is 137 Å². The summed E-state index contributed by atoms with van der Waals surface area (Å²) in [4.78, 5) is 24.2. The van der Waals surface area contributed by atoms with Crippen molar-refractivity contribution < 1.29 is 19.1 Å². The number of aryl methyl sites for hydroxylation is 2.